The number of carboxylic acids is 1. The van der Waals surface area contributed by atoms with Crippen molar-refractivity contribution in [3.05, 3.63) is 46.8 Å². The number of aromatic nitrogens is 5. The lowest BCUT2D eigenvalue weighted by Crippen LogP contribution is -3.11. The number of benzene rings is 1. The van der Waals surface area contributed by atoms with Crippen LogP contribution in [0, 0.1) is 0 Å². The van der Waals surface area contributed by atoms with Crippen molar-refractivity contribution < 1.29 is 24.2 Å². The highest BCUT2D eigenvalue weighted by atomic mass is 16.6. The Hall–Kier alpha value is -4.13. The number of nitrogen functional groups attached to an aromatic ring is 1. The zero-order valence-electron chi connectivity index (χ0n) is 18.6. The average Bonchev–Trinajstić information content (AvgIpc) is 3.45. The number of hydrogen-bond acceptors (Lipinski definition) is 10. The molecule has 3 aromatic rings. The predicted octanol–water partition coefficient (Wildman–Crippen LogP) is -1.29. The van der Waals surface area contributed by atoms with E-state index in [1.807, 2.05) is 0 Å². The molecule has 178 valence electrons. The molecule has 4 rings (SSSR count). The summed E-state index contributed by atoms with van der Waals surface area (Å²) in [6.45, 7) is 0.434. The number of quaternary nitrogens is 1. The molecule has 0 aliphatic heterocycles. The molecule has 13 heteroatoms. The van der Waals surface area contributed by atoms with E-state index in [0.717, 1.165) is 12.8 Å². The van der Waals surface area contributed by atoms with Gasteiger partial charge in [0.15, 0.2) is 5.69 Å². The molecule has 13 nitrogen and oxygen atoms in total. The molecule has 1 aliphatic rings. The van der Waals surface area contributed by atoms with Crippen LogP contribution in [0.3, 0.4) is 0 Å². The van der Waals surface area contributed by atoms with Crippen molar-refractivity contribution in [1.29, 1.82) is 0 Å². The highest BCUT2D eigenvalue weighted by Crippen LogP contribution is 2.18. The van der Waals surface area contributed by atoms with Gasteiger partial charge in [-0.1, -0.05) is 35.9 Å². The number of carboxylic acid groups (broad SMARTS) is 1. The number of nitrogens with one attached hydrogen (secondary N) is 2. The zero-order chi connectivity index (χ0) is 24.1. The Bertz CT molecular complexity index is 1200. The first-order valence-corrected chi connectivity index (χ1v) is 10.9. The third-order valence-corrected chi connectivity index (χ3v) is 5.97. The topological polar surface area (TPSA) is 182 Å². The number of rotatable bonds is 8. The van der Waals surface area contributed by atoms with Crippen LogP contribution < -0.4 is 21.2 Å². The number of aromatic carboxylic acids is 1. The molecule has 1 aromatic carbocycles. The van der Waals surface area contributed by atoms with Gasteiger partial charge in [0, 0.05) is 11.1 Å². The van der Waals surface area contributed by atoms with E-state index in [-0.39, 0.29) is 28.5 Å². The summed E-state index contributed by atoms with van der Waals surface area (Å²) in [6, 6.07) is 6.61. The third-order valence-electron chi connectivity index (χ3n) is 5.97. The molecular formula is C21H25N9O4. The summed E-state index contributed by atoms with van der Waals surface area (Å²) in [5.41, 5.74) is 8.99. The molecule has 0 saturated heterocycles. The number of anilines is 1. The summed E-state index contributed by atoms with van der Waals surface area (Å²) < 4.78 is 6.04. The van der Waals surface area contributed by atoms with Crippen LogP contribution >= 0.6 is 0 Å². The highest BCUT2D eigenvalue weighted by molar-refractivity contribution is 5.98. The van der Waals surface area contributed by atoms with Crippen LogP contribution in [0.4, 0.5) is 5.82 Å². The van der Waals surface area contributed by atoms with Gasteiger partial charge in [-0.2, -0.15) is 9.78 Å². The second-order valence-electron chi connectivity index (χ2n) is 8.20. The molecule has 1 saturated carbocycles. The normalized spacial score (nSPS) is 15.4. The van der Waals surface area contributed by atoms with Gasteiger partial charge in [0.05, 0.1) is 25.3 Å². The minimum atomic E-state index is -1.34. The van der Waals surface area contributed by atoms with Crippen LogP contribution in [0.15, 0.2) is 34.0 Å². The number of carbonyl (C=O) groups excluding carboxylic acids is 2. The molecule has 1 aliphatic carbocycles. The Morgan fingerprint density at radius 2 is 2.06 bits per heavy atom. The molecule has 1 fully saturated rings. The van der Waals surface area contributed by atoms with Crippen LogP contribution in [0.1, 0.15) is 64.2 Å². The van der Waals surface area contributed by atoms with Crippen molar-refractivity contribution in [3.63, 3.8) is 0 Å². The maximum Gasteiger partial charge on any atom is 0.294 e. The smallest absolute Gasteiger partial charge is 0.294 e. The molecular weight excluding hydrogens is 442 g/mol. The SMILES string of the molecule is C[NH+](Cc1c(C(=O)N/N=C/c2ccccc2C(=O)[O-])nnn1-c1nonc1N)C1CCCCC1. The first-order valence-electron chi connectivity index (χ1n) is 10.9. The van der Waals surface area contributed by atoms with E-state index in [0.29, 0.717) is 18.3 Å². The predicted molar refractivity (Wildman–Crippen MR) is 117 cm³/mol. The van der Waals surface area contributed by atoms with Gasteiger partial charge >= 0.3 is 0 Å². The molecule has 34 heavy (non-hydrogen) atoms. The lowest BCUT2D eigenvalue weighted by Gasteiger charge is -2.28. The van der Waals surface area contributed by atoms with E-state index in [1.165, 1.54) is 41.1 Å². The molecule has 1 unspecified atom stereocenters. The highest BCUT2D eigenvalue weighted by Gasteiger charge is 2.29. The van der Waals surface area contributed by atoms with Crippen molar-refractivity contribution in [2.24, 2.45) is 5.10 Å². The lowest BCUT2D eigenvalue weighted by atomic mass is 9.94. The van der Waals surface area contributed by atoms with Crippen LogP contribution in [0.25, 0.3) is 5.82 Å². The van der Waals surface area contributed by atoms with E-state index in [1.54, 1.807) is 18.2 Å². The van der Waals surface area contributed by atoms with Gasteiger partial charge in [0.1, 0.15) is 12.2 Å². The van der Waals surface area contributed by atoms with E-state index in [9.17, 15) is 14.7 Å². The van der Waals surface area contributed by atoms with Crippen molar-refractivity contribution in [3.8, 4) is 5.82 Å². The Morgan fingerprint density at radius 1 is 1.29 bits per heavy atom. The van der Waals surface area contributed by atoms with Crippen molar-refractivity contribution in [2.75, 3.05) is 12.8 Å². The summed E-state index contributed by atoms with van der Waals surface area (Å²) in [4.78, 5) is 25.4. The fourth-order valence-electron chi connectivity index (χ4n) is 4.16. The van der Waals surface area contributed by atoms with E-state index >= 15 is 0 Å². The van der Waals surface area contributed by atoms with E-state index in [2.05, 4.69) is 38.2 Å². The van der Waals surface area contributed by atoms with Gasteiger partial charge in [-0.15, -0.1) is 5.10 Å². The summed E-state index contributed by atoms with van der Waals surface area (Å²) in [7, 11) is 2.06. The maximum atomic E-state index is 12.9. The molecule has 4 N–H and O–H groups in total. The Balaban J connectivity index is 1.58. The summed E-state index contributed by atoms with van der Waals surface area (Å²) in [5.74, 6) is -1.80. The number of carbonyl (C=O) groups is 2. The van der Waals surface area contributed by atoms with Crippen molar-refractivity contribution in [2.45, 2.75) is 44.7 Å². The summed E-state index contributed by atoms with van der Waals surface area (Å²) in [5, 5.41) is 30.6. The van der Waals surface area contributed by atoms with E-state index in [4.69, 9.17) is 10.4 Å². The minimum Gasteiger partial charge on any atom is -0.545 e. The molecule has 0 bridgehead atoms. The zero-order valence-corrected chi connectivity index (χ0v) is 18.6. The van der Waals surface area contributed by atoms with Crippen molar-refractivity contribution in [1.82, 2.24) is 30.7 Å². The first-order chi connectivity index (χ1) is 16.5. The molecule has 1 amide bonds. The second kappa shape index (κ2) is 10.2. The van der Waals surface area contributed by atoms with Crippen LogP contribution in [0.2, 0.25) is 0 Å². The van der Waals surface area contributed by atoms with Crippen LogP contribution in [-0.4, -0.2) is 56.5 Å². The second-order valence-corrected chi connectivity index (χ2v) is 8.20. The average molecular weight is 467 g/mol. The first kappa shape index (κ1) is 23.0. The van der Waals surface area contributed by atoms with Gasteiger partial charge in [-0.25, -0.2) is 10.1 Å². The molecule has 1 atom stereocenters. The number of hydrogen-bond donors (Lipinski definition) is 3. The fourth-order valence-corrected chi connectivity index (χ4v) is 4.16. The van der Waals surface area contributed by atoms with Crippen LogP contribution in [-0.2, 0) is 6.54 Å². The largest absolute Gasteiger partial charge is 0.545 e. The number of nitrogens with zero attached hydrogens (tertiary/aromatic N) is 6. The quantitative estimate of drug-likeness (QED) is 0.268. The Labute approximate surface area is 194 Å². The number of nitrogens with two attached hydrogens (primary N) is 1. The lowest BCUT2D eigenvalue weighted by molar-refractivity contribution is -0.921. The monoisotopic (exact) mass is 467 g/mol. The molecule has 2 aromatic heterocycles. The third kappa shape index (κ3) is 4.93. The Kier molecular flexibility index (Phi) is 6.92. The van der Waals surface area contributed by atoms with Gasteiger partial charge in [-0.05, 0) is 36.0 Å². The minimum absolute atomic E-state index is 0.0188. The Morgan fingerprint density at radius 3 is 2.76 bits per heavy atom. The summed E-state index contributed by atoms with van der Waals surface area (Å²) >= 11 is 0. The van der Waals surface area contributed by atoms with Gasteiger partial charge in [0.2, 0.25) is 11.6 Å². The fraction of sp³-hybridized carbons (Fsp3) is 0.381. The summed E-state index contributed by atoms with van der Waals surface area (Å²) in [6.07, 6.45) is 7.02. The van der Waals surface area contributed by atoms with Gasteiger partial charge < -0.3 is 20.5 Å². The van der Waals surface area contributed by atoms with Crippen LogP contribution in [0.5, 0.6) is 0 Å². The van der Waals surface area contributed by atoms with Gasteiger partial charge in [0.25, 0.3) is 5.91 Å². The van der Waals surface area contributed by atoms with Gasteiger partial charge in [-0.3, -0.25) is 4.79 Å². The molecule has 0 spiro atoms. The molecule has 0 radical (unpaired) electrons. The standard InChI is InChI=1S/C21H25N9O4/c1-29(14-8-3-2-4-9-14)12-16-17(24-28-30(16)19-18(22)26-34-27-19)20(31)25-23-11-13-7-5-6-10-15(13)21(32)33/h5-7,10-11,14H,2-4,8-9,12H2,1H3,(H2,22,26)(H,25,31)(H,32,33)/b23-11+. The number of hydrazone groups is 1. The maximum absolute atomic E-state index is 12.9. The van der Waals surface area contributed by atoms with E-state index < -0.39 is 11.9 Å². The van der Waals surface area contributed by atoms with Crippen molar-refractivity contribution >= 4 is 23.9 Å². The number of amides is 1. The molecule has 2 heterocycles.